The van der Waals surface area contributed by atoms with Crippen molar-refractivity contribution in [3.05, 3.63) is 64.5 Å². The summed E-state index contributed by atoms with van der Waals surface area (Å²) in [5, 5.41) is 11.4. The maximum Gasteiger partial charge on any atom is 0.335 e. The zero-order valence-electron chi connectivity index (χ0n) is 11.1. The highest BCUT2D eigenvalue weighted by Crippen LogP contribution is 2.20. The second-order valence-corrected chi connectivity index (χ2v) is 4.55. The maximum absolute atomic E-state index is 13.6. The van der Waals surface area contributed by atoms with E-state index in [0.717, 1.165) is 30.3 Å². The van der Waals surface area contributed by atoms with Crippen LogP contribution in [0.3, 0.4) is 0 Å². The molecule has 0 aliphatic rings. The molecule has 2 aromatic rings. The number of carboxylic acids is 1. The summed E-state index contributed by atoms with van der Waals surface area (Å²) < 4.78 is 40.6. The predicted octanol–water partition coefficient (Wildman–Crippen LogP) is 3.72. The molecule has 0 bridgehead atoms. The average Bonchev–Trinajstić information content (AvgIpc) is 2.42. The van der Waals surface area contributed by atoms with E-state index in [4.69, 9.17) is 5.11 Å². The van der Waals surface area contributed by atoms with Crippen LogP contribution in [-0.4, -0.2) is 11.1 Å². The van der Waals surface area contributed by atoms with Gasteiger partial charge in [0.1, 0.15) is 17.5 Å². The maximum atomic E-state index is 13.6. The molecule has 0 aliphatic heterocycles. The highest BCUT2D eigenvalue weighted by Gasteiger charge is 2.11. The molecule has 2 N–H and O–H groups in total. The number of anilines is 1. The molecule has 0 fully saturated rings. The van der Waals surface area contributed by atoms with Gasteiger partial charge in [-0.05, 0) is 36.8 Å². The molecular formula is C15H12F3NO2. The minimum atomic E-state index is -1.19. The number of halogens is 3. The van der Waals surface area contributed by atoms with Gasteiger partial charge in [-0.2, -0.15) is 0 Å². The van der Waals surface area contributed by atoms with Gasteiger partial charge in [0.15, 0.2) is 0 Å². The topological polar surface area (TPSA) is 49.3 Å². The van der Waals surface area contributed by atoms with E-state index < -0.39 is 23.4 Å². The molecule has 0 saturated heterocycles. The van der Waals surface area contributed by atoms with Gasteiger partial charge in [-0.25, -0.2) is 18.0 Å². The van der Waals surface area contributed by atoms with Crippen LogP contribution >= 0.6 is 0 Å². The van der Waals surface area contributed by atoms with Crippen molar-refractivity contribution < 1.29 is 23.1 Å². The van der Waals surface area contributed by atoms with Gasteiger partial charge in [0.05, 0.1) is 11.3 Å². The normalized spacial score (nSPS) is 10.5. The van der Waals surface area contributed by atoms with Gasteiger partial charge < -0.3 is 10.4 Å². The molecule has 0 heterocycles. The van der Waals surface area contributed by atoms with Crippen molar-refractivity contribution in [2.45, 2.75) is 13.5 Å². The van der Waals surface area contributed by atoms with Crippen LogP contribution in [0.2, 0.25) is 0 Å². The standard InChI is InChI=1S/C15H12F3NO2/c1-8-4-13(18)14(6-12(8)17)19-7-10-5-9(15(20)21)2-3-11(10)16/h2-6,19H,7H2,1H3,(H,20,21). The van der Waals surface area contributed by atoms with Gasteiger partial charge in [-0.1, -0.05) is 0 Å². The molecule has 0 saturated carbocycles. The molecule has 2 aromatic carbocycles. The fourth-order valence-corrected chi connectivity index (χ4v) is 1.82. The smallest absolute Gasteiger partial charge is 0.335 e. The minimum Gasteiger partial charge on any atom is -0.478 e. The molecule has 110 valence electrons. The van der Waals surface area contributed by atoms with Crippen molar-refractivity contribution in [3.63, 3.8) is 0 Å². The second-order valence-electron chi connectivity index (χ2n) is 4.55. The van der Waals surface area contributed by atoms with Crippen molar-refractivity contribution in [2.24, 2.45) is 0 Å². The molecule has 0 spiro atoms. The van der Waals surface area contributed by atoms with Gasteiger partial charge in [0.2, 0.25) is 0 Å². The van der Waals surface area contributed by atoms with Gasteiger partial charge in [-0.3, -0.25) is 0 Å². The molecule has 6 heteroatoms. The Morgan fingerprint density at radius 2 is 1.81 bits per heavy atom. The van der Waals surface area contributed by atoms with E-state index in [0.29, 0.717) is 0 Å². The zero-order chi connectivity index (χ0) is 15.6. The van der Waals surface area contributed by atoms with E-state index in [2.05, 4.69) is 5.32 Å². The molecule has 2 rings (SSSR count). The van der Waals surface area contributed by atoms with Gasteiger partial charge in [-0.15, -0.1) is 0 Å². The fraction of sp³-hybridized carbons (Fsp3) is 0.133. The molecular weight excluding hydrogens is 283 g/mol. The summed E-state index contributed by atoms with van der Waals surface area (Å²) in [6.07, 6.45) is 0. The summed E-state index contributed by atoms with van der Waals surface area (Å²) in [4.78, 5) is 10.8. The number of rotatable bonds is 4. The van der Waals surface area contributed by atoms with Gasteiger partial charge in [0.25, 0.3) is 0 Å². The van der Waals surface area contributed by atoms with E-state index in [1.54, 1.807) is 0 Å². The van der Waals surface area contributed by atoms with Crippen molar-refractivity contribution in [1.82, 2.24) is 0 Å². The van der Waals surface area contributed by atoms with E-state index in [9.17, 15) is 18.0 Å². The van der Waals surface area contributed by atoms with Crippen LogP contribution in [0.4, 0.5) is 18.9 Å². The van der Waals surface area contributed by atoms with Crippen LogP contribution in [-0.2, 0) is 6.54 Å². The number of carboxylic acid groups (broad SMARTS) is 1. The molecule has 3 nitrogen and oxygen atoms in total. The first-order chi connectivity index (χ1) is 9.88. The Bertz CT molecular complexity index is 702. The van der Waals surface area contributed by atoms with Crippen LogP contribution in [0.1, 0.15) is 21.5 Å². The first kappa shape index (κ1) is 14.9. The van der Waals surface area contributed by atoms with Crippen molar-refractivity contribution in [2.75, 3.05) is 5.32 Å². The lowest BCUT2D eigenvalue weighted by atomic mass is 10.1. The van der Waals surface area contributed by atoms with Crippen LogP contribution in [0.5, 0.6) is 0 Å². The van der Waals surface area contributed by atoms with Gasteiger partial charge in [0, 0.05) is 18.2 Å². The highest BCUT2D eigenvalue weighted by atomic mass is 19.1. The summed E-state index contributed by atoms with van der Waals surface area (Å²) in [7, 11) is 0. The largest absolute Gasteiger partial charge is 0.478 e. The Labute approximate surface area is 119 Å². The third-order valence-electron chi connectivity index (χ3n) is 3.01. The van der Waals surface area contributed by atoms with E-state index in [1.165, 1.54) is 6.92 Å². The lowest BCUT2D eigenvalue weighted by Gasteiger charge is -2.10. The SMILES string of the molecule is Cc1cc(F)c(NCc2cc(C(=O)O)ccc2F)cc1F. The summed E-state index contributed by atoms with van der Waals surface area (Å²) in [6, 6.07) is 5.30. The highest BCUT2D eigenvalue weighted by molar-refractivity contribution is 5.87. The van der Waals surface area contributed by atoms with Crippen molar-refractivity contribution in [1.29, 1.82) is 0 Å². The quantitative estimate of drug-likeness (QED) is 0.903. The monoisotopic (exact) mass is 295 g/mol. The lowest BCUT2D eigenvalue weighted by molar-refractivity contribution is 0.0696. The fourth-order valence-electron chi connectivity index (χ4n) is 1.82. The number of aromatic carboxylic acids is 1. The molecule has 21 heavy (non-hydrogen) atoms. The minimum absolute atomic E-state index is 0.0512. The van der Waals surface area contributed by atoms with Crippen molar-refractivity contribution in [3.8, 4) is 0 Å². The molecule has 0 unspecified atom stereocenters. The van der Waals surface area contributed by atoms with Crippen LogP contribution in [0, 0.1) is 24.4 Å². The summed E-state index contributed by atoms with van der Waals surface area (Å²) in [6.45, 7) is 1.27. The third kappa shape index (κ3) is 3.34. The Hall–Kier alpha value is -2.50. The van der Waals surface area contributed by atoms with E-state index in [1.807, 2.05) is 0 Å². The molecule has 0 aromatic heterocycles. The Balaban J connectivity index is 2.22. The molecule has 0 atom stereocenters. The number of hydrogen-bond donors (Lipinski definition) is 2. The van der Waals surface area contributed by atoms with Gasteiger partial charge >= 0.3 is 5.97 Å². The van der Waals surface area contributed by atoms with E-state index in [-0.39, 0.29) is 28.9 Å². The second kappa shape index (κ2) is 5.87. The summed E-state index contributed by atoms with van der Waals surface area (Å²) in [5.74, 6) is -3.06. The summed E-state index contributed by atoms with van der Waals surface area (Å²) in [5.41, 5.74) is 0.0226. The average molecular weight is 295 g/mol. The van der Waals surface area contributed by atoms with E-state index >= 15 is 0 Å². The summed E-state index contributed by atoms with van der Waals surface area (Å²) >= 11 is 0. The number of hydrogen-bond acceptors (Lipinski definition) is 2. The Kier molecular flexibility index (Phi) is 4.16. The Morgan fingerprint density at radius 3 is 2.48 bits per heavy atom. The third-order valence-corrected chi connectivity index (χ3v) is 3.01. The first-order valence-electron chi connectivity index (χ1n) is 6.09. The molecule has 0 radical (unpaired) electrons. The zero-order valence-corrected chi connectivity index (χ0v) is 11.1. The van der Waals surface area contributed by atoms with Crippen LogP contribution in [0.25, 0.3) is 0 Å². The number of aryl methyl sites for hydroxylation is 1. The molecule has 0 amide bonds. The number of nitrogens with one attached hydrogen (secondary N) is 1. The first-order valence-corrected chi connectivity index (χ1v) is 6.09. The van der Waals surface area contributed by atoms with Crippen LogP contribution < -0.4 is 5.32 Å². The Morgan fingerprint density at radius 1 is 1.10 bits per heavy atom. The number of carbonyl (C=O) groups is 1. The predicted molar refractivity (Wildman–Crippen MR) is 71.8 cm³/mol. The molecule has 0 aliphatic carbocycles. The number of benzene rings is 2. The van der Waals surface area contributed by atoms with Crippen molar-refractivity contribution >= 4 is 11.7 Å². The van der Waals surface area contributed by atoms with Crippen LogP contribution in [0.15, 0.2) is 30.3 Å². The lowest BCUT2D eigenvalue weighted by Crippen LogP contribution is -2.06.